The Hall–Kier alpha value is -2.93. The van der Waals surface area contributed by atoms with Gasteiger partial charge >= 0.3 is 0 Å². The lowest BCUT2D eigenvalue weighted by Crippen LogP contribution is -2.63. The predicted molar refractivity (Wildman–Crippen MR) is 118 cm³/mol. The first-order chi connectivity index (χ1) is 15.0. The van der Waals surface area contributed by atoms with Gasteiger partial charge < -0.3 is 15.7 Å². The number of aromatic hydroxyl groups is 1. The van der Waals surface area contributed by atoms with E-state index in [1.54, 1.807) is 12.1 Å². The third-order valence-electron chi connectivity index (χ3n) is 6.37. The molecule has 0 bridgehead atoms. The number of rotatable bonds is 6. The molecule has 2 amide bonds. The predicted octanol–water partition coefficient (Wildman–Crippen LogP) is 2.35. The molecule has 2 aromatic rings. The van der Waals surface area contributed by atoms with Gasteiger partial charge in [-0.15, -0.1) is 0 Å². The van der Waals surface area contributed by atoms with Gasteiger partial charge in [0.05, 0.1) is 18.8 Å². The van der Waals surface area contributed by atoms with E-state index >= 15 is 0 Å². The van der Waals surface area contributed by atoms with Crippen LogP contribution in [0.2, 0.25) is 0 Å². The molecule has 2 heterocycles. The minimum absolute atomic E-state index is 0.00594. The number of hydrogen-bond acceptors (Lipinski definition) is 5. The van der Waals surface area contributed by atoms with Crippen molar-refractivity contribution >= 4 is 11.8 Å². The van der Waals surface area contributed by atoms with Crippen molar-refractivity contribution in [3.8, 4) is 5.75 Å². The van der Waals surface area contributed by atoms with Crippen molar-refractivity contribution in [1.82, 2.24) is 20.5 Å². The van der Waals surface area contributed by atoms with Gasteiger partial charge in [-0.25, -0.2) is 0 Å². The van der Waals surface area contributed by atoms with Crippen LogP contribution in [0.4, 0.5) is 0 Å². The summed E-state index contributed by atoms with van der Waals surface area (Å²) in [6.45, 7) is 3.66. The molecule has 1 saturated carbocycles. The van der Waals surface area contributed by atoms with Crippen molar-refractivity contribution in [3.05, 3.63) is 59.4 Å². The first kappa shape index (κ1) is 21.3. The van der Waals surface area contributed by atoms with Gasteiger partial charge in [0.15, 0.2) is 0 Å². The average Bonchev–Trinajstić information content (AvgIpc) is 2.75. The second-order valence-electron chi connectivity index (χ2n) is 8.72. The molecule has 2 aliphatic rings. The summed E-state index contributed by atoms with van der Waals surface area (Å²) in [5.74, 6) is 0.299. The van der Waals surface area contributed by atoms with Gasteiger partial charge in [0.2, 0.25) is 5.91 Å². The Balaban J connectivity index is 1.14. The van der Waals surface area contributed by atoms with Crippen molar-refractivity contribution in [2.75, 3.05) is 19.6 Å². The van der Waals surface area contributed by atoms with E-state index in [1.165, 1.54) is 6.20 Å². The second-order valence-corrected chi connectivity index (χ2v) is 8.72. The zero-order chi connectivity index (χ0) is 21.8. The summed E-state index contributed by atoms with van der Waals surface area (Å²) in [7, 11) is 0. The zero-order valence-electron chi connectivity index (χ0n) is 17.9. The first-order valence-electron chi connectivity index (χ1n) is 11.0. The molecule has 1 aromatic carbocycles. The fraction of sp³-hybridized carbons (Fsp3) is 0.458. The number of pyridine rings is 1. The van der Waals surface area contributed by atoms with Crippen molar-refractivity contribution in [3.63, 3.8) is 0 Å². The standard InChI is InChI=1S/C24H30N4O3/c1-16-3-2-4-18(11-16)24(31)26-13-23(30)27-19-14-28(15-19)20-7-5-17(6-8-20)22-10-9-21(29)12-25-22/h2-4,9-12,17,19-20,29H,5-8,13-15H2,1H3,(H,26,31)(H,27,30). The van der Waals surface area contributed by atoms with E-state index < -0.39 is 0 Å². The van der Waals surface area contributed by atoms with Crippen LogP contribution in [-0.2, 0) is 4.79 Å². The first-order valence-corrected chi connectivity index (χ1v) is 11.0. The summed E-state index contributed by atoms with van der Waals surface area (Å²) in [4.78, 5) is 31.1. The number of carbonyl (C=O) groups is 2. The number of benzene rings is 1. The molecule has 1 aliphatic carbocycles. The number of hydrogen-bond donors (Lipinski definition) is 3. The number of aromatic nitrogens is 1. The largest absolute Gasteiger partial charge is 0.506 e. The highest BCUT2D eigenvalue weighted by atomic mass is 16.3. The van der Waals surface area contributed by atoms with Crippen LogP contribution in [0.25, 0.3) is 0 Å². The Kier molecular flexibility index (Phi) is 6.51. The van der Waals surface area contributed by atoms with E-state index in [1.807, 2.05) is 31.2 Å². The Morgan fingerprint density at radius 3 is 2.58 bits per heavy atom. The minimum Gasteiger partial charge on any atom is -0.506 e. The molecule has 7 heteroatoms. The fourth-order valence-electron chi connectivity index (χ4n) is 4.61. The minimum atomic E-state index is -0.228. The monoisotopic (exact) mass is 422 g/mol. The normalized spacial score (nSPS) is 21.8. The van der Waals surface area contributed by atoms with Gasteiger partial charge in [0.25, 0.3) is 5.91 Å². The maximum atomic E-state index is 12.2. The Morgan fingerprint density at radius 1 is 1.13 bits per heavy atom. The van der Waals surface area contributed by atoms with Crippen molar-refractivity contribution in [2.45, 2.75) is 50.6 Å². The molecular formula is C24H30N4O3. The van der Waals surface area contributed by atoms with Gasteiger partial charge in [-0.1, -0.05) is 17.7 Å². The molecule has 3 N–H and O–H groups in total. The van der Waals surface area contributed by atoms with E-state index in [4.69, 9.17) is 0 Å². The summed E-state index contributed by atoms with van der Waals surface area (Å²) in [6.07, 6.45) is 5.97. The molecular weight excluding hydrogens is 392 g/mol. The maximum Gasteiger partial charge on any atom is 0.251 e. The molecule has 0 spiro atoms. The summed E-state index contributed by atoms with van der Waals surface area (Å²) >= 11 is 0. The van der Waals surface area contributed by atoms with Crippen LogP contribution in [0, 0.1) is 6.92 Å². The lowest BCUT2D eigenvalue weighted by atomic mass is 9.82. The van der Waals surface area contributed by atoms with E-state index in [0.29, 0.717) is 17.5 Å². The summed E-state index contributed by atoms with van der Waals surface area (Å²) in [5, 5.41) is 15.1. The quantitative estimate of drug-likeness (QED) is 0.664. The third kappa shape index (κ3) is 5.41. The van der Waals surface area contributed by atoms with Crippen LogP contribution < -0.4 is 10.6 Å². The molecule has 1 aliphatic heterocycles. The lowest BCUT2D eigenvalue weighted by molar-refractivity contribution is -0.122. The molecule has 164 valence electrons. The summed E-state index contributed by atoms with van der Waals surface area (Å²) in [6, 6.07) is 11.7. The highest BCUT2D eigenvalue weighted by Gasteiger charge is 2.35. The number of amides is 2. The molecule has 4 rings (SSSR count). The SMILES string of the molecule is Cc1cccc(C(=O)NCC(=O)NC2CN(C3CCC(c4ccc(O)cn4)CC3)C2)c1. The topological polar surface area (TPSA) is 94.6 Å². The number of nitrogens with zero attached hydrogens (tertiary/aromatic N) is 2. The maximum absolute atomic E-state index is 12.2. The van der Waals surface area contributed by atoms with Crippen molar-refractivity contribution in [1.29, 1.82) is 0 Å². The fourth-order valence-corrected chi connectivity index (χ4v) is 4.61. The van der Waals surface area contributed by atoms with Crippen molar-refractivity contribution in [2.24, 2.45) is 0 Å². The molecule has 31 heavy (non-hydrogen) atoms. The third-order valence-corrected chi connectivity index (χ3v) is 6.37. The Morgan fingerprint density at radius 2 is 1.90 bits per heavy atom. The molecule has 2 fully saturated rings. The molecule has 0 radical (unpaired) electrons. The van der Waals surface area contributed by atoms with Gasteiger partial charge in [0, 0.05) is 36.3 Å². The highest BCUT2D eigenvalue weighted by Crippen LogP contribution is 2.35. The molecule has 0 unspecified atom stereocenters. The van der Waals surface area contributed by atoms with E-state index in [-0.39, 0.29) is 30.2 Å². The van der Waals surface area contributed by atoms with Crippen LogP contribution in [0.3, 0.4) is 0 Å². The summed E-state index contributed by atoms with van der Waals surface area (Å²) < 4.78 is 0. The van der Waals surface area contributed by atoms with Crippen LogP contribution in [0.15, 0.2) is 42.6 Å². The Labute approximate surface area is 182 Å². The van der Waals surface area contributed by atoms with Crippen LogP contribution >= 0.6 is 0 Å². The number of likely N-dealkylation sites (tertiary alicyclic amines) is 1. The van der Waals surface area contributed by atoms with Crippen molar-refractivity contribution < 1.29 is 14.7 Å². The molecule has 0 atom stereocenters. The van der Waals surface area contributed by atoms with Gasteiger partial charge in [0.1, 0.15) is 5.75 Å². The molecule has 1 saturated heterocycles. The van der Waals surface area contributed by atoms with Crippen LogP contribution in [0.1, 0.15) is 53.2 Å². The average molecular weight is 423 g/mol. The molecule has 7 nitrogen and oxygen atoms in total. The second kappa shape index (κ2) is 9.47. The van der Waals surface area contributed by atoms with E-state index in [0.717, 1.165) is 50.0 Å². The smallest absolute Gasteiger partial charge is 0.251 e. The zero-order valence-corrected chi connectivity index (χ0v) is 17.9. The van der Waals surface area contributed by atoms with Gasteiger partial charge in [-0.05, 0) is 56.9 Å². The number of carbonyl (C=O) groups excluding carboxylic acids is 2. The van der Waals surface area contributed by atoms with E-state index in [2.05, 4.69) is 20.5 Å². The van der Waals surface area contributed by atoms with Crippen LogP contribution in [0.5, 0.6) is 5.75 Å². The van der Waals surface area contributed by atoms with Crippen LogP contribution in [-0.4, -0.2) is 58.5 Å². The summed E-state index contributed by atoms with van der Waals surface area (Å²) in [5.41, 5.74) is 2.65. The highest BCUT2D eigenvalue weighted by molar-refractivity contribution is 5.96. The Bertz CT molecular complexity index is 917. The van der Waals surface area contributed by atoms with Gasteiger partial charge in [-0.3, -0.25) is 19.5 Å². The molecule has 1 aromatic heterocycles. The van der Waals surface area contributed by atoms with Gasteiger partial charge in [-0.2, -0.15) is 0 Å². The lowest BCUT2D eigenvalue weighted by Gasteiger charge is -2.46. The van der Waals surface area contributed by atoms with E-state index in [9.17, 15) is 14.7 Å². The number of nitrogens with one attached hydrogen (secondary N) is 2. The number of aryl methyl sites for hydroxylation is 1.